The molecule has 0 aromatic heterocycles. The number of halogens is 2. The molecule has 5 nitrogen and oxygen atoms in total. The van der Waals surface area contributed by atoms with Crippen LogP contribution in [0.25, 0.3) is 0 Å². The third-order valence-corrected chi connectivity index (χ3v) is 5.07. The lowest BCUT2D eigenvalue weighted by Crippen LogP contribution is -2.30. The van der Waals surface area contributed by atoms with Crippen molar-refractivity contribution in [2.75, 3.05) is 19.4 Å². The van der Waals surface area contributed by atoms with Crippen LogP contribution in [0.15, 0.2) is 23.2 Å². The summed E-state index contributed by atoms with van der Waals surface area (Å²) in [6, 6.07) is 4.98. The molecule has 1 aliphatic rings. The SMILES string of the molecule is CN=C1S[C@@H](CC(=O)Nc2cccc(Cl)c2Cl)C(=O)N1C. The van der Waals surface area contributed by atoms with Crippen LogP contribution in [-0.2, 0) is 9.59 Å². The molecule has 0 aliphatic carbocycles. The van der Waals surface area contributed by atoms with Gasteiger partial charge in [-0.1, -0.05) is 41.0 Å². The van der Waals surface area contributed by atoms with Crippen molar-refractivity contribution in [2.45, 2.75) is 11.7 Å². The molecule has 1 N–H and O–H groups in total. The lowest BCUT2D eigenvalue weighted by atomic mass is 10.2. The van der Waals surface area contributed by atoms with Crippen LogP contribution in [0.5, 0.6) is 0 Å². The molecule has 0 unspecified atom stereocenters. The lowest BCUT2D eigenvalue weighted by Gasteiger charge is -2.10. The Morgan fingerprint density at radius 2 is 2.19 bits per heavy atom. The minimum absolute atomic E-state index is 0.0513. The minimum Gasteiger partial charge on any atom is -0.325 e. The predicted molar refractivity (Wildman–Crippen MR) is 87.2 cm³/mol. The van der Waals surface area contributed by atoms with E-state index in [2.05, 4.69) is 10.3 Å². The smallest absolute Gasteiger partial charge is 0.242 e. The van der Waals surface area contributed by atoms with Crippen LogP contribution < -0.4 is 5.32 Å². The molecule has 1 heterocycles. The van der Waals surface area contributed by atoms with Crippen LogP contribution in [0.4, 0.5) is 5.69 Å². The maximum Gasteiger partial charge on any atom is 0.242 e. The first-order valence-electron chi connectivity index (χ1n) is 6.09. The molecule has 1 saturated heterocycles. The zero-order chi connectivity index (χ0) is 15.6. The molecular formula is C13H13Cl2N3O2S. The van der Waals surface area contributed by atoms with E-state index in [4.69, 9.17) is 23.2 Å². The molecule has 0 spiro atoms. The fourth-order valence-corrected chi connectivity index (χ4v) is 3.32. The van der Waals surface area contributed by atoms with Gasteiger partial charge < -0.3 is 5.32 Å². The second-order valence-corrected chi connectivity index (χ2v) is 6.32. The molecule has 1 fully saturated rings. The van der Waals surface area contributed by atoms with Crippen molar-refractivity contribution in [3.63, 3.8) is 0 Å². The van der Waals surface area contributed by atoms with Gasteiger partial charge in [0.15, 0.2) is 5.17 Å². The van der Waals surface area contributed by atoms with Crippen molar-refractivity contribution in [3.8, 4) is 0 Å². The first-order valence-corrected chi connectivity index (χ1v) is 7.72. The largest absolute Gasteiger partial charge is 0.325 e. The van der Waals surface area contributed by atoms with Gasteiger partial charge in [0.2, 0.25) is 11.8 Å². The molecule has 1 atom stereocenters. The summed E-state index contributed by atoms with van der Waals surface area (Å²) in [5.74, 6) is -0.427. The summed E-state index contributed by atoms with van der Waals surface area (Å²) in [5.41, 5.74) is 0.433. The van der Waals surface area contributed by atoms with Gasteiger partial charge in [-0.2, -0.15) is 0 Å². The van der Waals surface area contributed by atoms with Gasteiger partial charge in [0.1, 0.15) is 5.25 Å². The van der Waals surface area contributed by atoms with Crippen LogP contribution in [0.1, 0.15) is 6.42 Å². The number of nitrogens with zero attached hydrogens (tertiary/aromatic N) is 2. The Morgan fingerprint density at radius 3 is 2.81 bits per heavy atom. The Hall–Kier alpha value is -1.24. The van der Waals surface area contributed by atoms with E-state index < -0.39 is 5.25 Å². The van der Waals surface area contributed by atoms with Gasteiger partial charge in [0, 0.05) is 20.5 Å². The average molecular weight is 346 g/mol. The molecule has 2 amide bonds. The number of thioether (sulfide) groups is 1. The Bertz CT molecular complexity index is 621. The summed E-state index contributed by atoms with van der Waals surface area (Å²) in [5, 5.41) is 3.46. The number of nitrogens with one attached hydrogen (secondary N) is 1. The molecule has 2 rings (SSSR count). The quantitative estimate of drug-likeness (QED) is 0.915. The molecule has 1 aromatic rings. The molecule has 0 radical (unpaired) electrons. The van der Waals surface area contributed by atoms with Crippen LogP contribution in [0.3, 0.4) is 0 Å². The minimum atomic E-state index is -0.466. The van der Waals surface area contributed by atoms with Crippen LogP contribution in [0, 0.1) is 0 Å². The highest BCUT2D eigenvalue weighted by atomic mass is 35.5. The fraction of sp³-hybridized carbons (Fsp3) is 0.308. The number of hydrogen-bond donors (Lipinski definition) is 1. The second-order valence-electron chi connectivity index (χ2n) is 4.36. The third kappa shape index (κ3) is 3.51. The number of hydrogen-bond acceptors (Lipinski definition) is 4. The topological polar surface area (TPSA) is 61.8 Å². The average Bonchev–Trinajstić information content (AvgIpc) is 2.72. The second kappa shape index (κ2) is 6.68. The Kier molecular flexibility index (Phi) is 5.13. The van der Waals surface area contributed by atoms with Crippen molar-refractivity contribution in [2.24, 2.45) is 4.99 Å². The molecule has 0 bridgehead atoms. The highest BCUT2D eigenvalue weighted by Gasteiger charge is 2.36. The molecule has 21 heavy (non-hydrogen) atoms. The monoisotopic (exact) mass is 345 g/mol. The molecule has 8 heteroatoms. The predicted octanol–water partition coefficient (Wildman–Crippen LogP) is 2.88. The Labute approximate surface area is 136 Å². The number of anilines is 1. The zero-order valence-corrected chi connectivity index (χ0v) is 13.7. The fourth-order valence-electron chi connectivity index (χ4n) is 1.87. The lowest BCUT2D eigenvalue weighted by molar-refractivity contribution is -0.127. The standard InChI is InChI=1S/C13H13Cl2N3O2S/c1-16-13-18(2)12(20)9(21-13)6-10(19)17-8-5-3-4-7(14)11(8)15/h3-5,9H,6H2,1-2H3,(H,17,19)/t9-/m0/s1. The maximum absolute atomic E-state index is 12.0. The maximum atomic E-state index is 12.0. The van der Waals surface area contributed by atoms with Gasteiger partial charge in [-0.3, -0.25) is 19.5 Å². The number of carbonyl (C=O) groups excluding carboxylic acids is 2. The van der Waals surface area contributed by atoms with Gasteiger partial charge in [0.25, 0.3) is 0 Å². The summed E-state index contributed by atoms with van der Waals surface area (Å²) < 4.78 is 0. The van der Waals surface area contributed by atoms with Crippen molar-refractivity contribution < 1.29 is 9.59 Å². The number of amidine groups is 1. The van der Waals surface area contributed by atoms with E-state index in [9.17, 15) is 9.59 Å². The summed E-state index contributed by atoms with van der Waals surface area (Å²) in [4.78, 5) is 29.5. The molecule has 1 aromatic carbocycles. The van der Waals surface area contributed by atoms with E-state index in [-0.39, 0.29) is 23.3 Å². The first-order chi connectivity index (χ1) is 9.93. The van der Waals surface area contributed by atoms with Crippen LogP contribution >= 0.6 is 35.0 Å². The Morgan fingerprint density at radius 1 is 1.48 bits per heavy atom. The van der Waals surface area contributed by atoms with Gasteiger partial charge in [0.05, 0.1) is 15.7 Å². The van der Waals surface area contributed by atoms with Crippen molar-refractivity contribution in [1.29, 1.82) is 0 Å². The molecule has 1 aliphatic heterocycles. The van der Waals surface area contributed by atoms with Gasteiger partial charge in [-0.15, -0.1) is 0 Å². The number of carbonyl (C=O) groups is 2. The molecule has 0 saturated carbocycles. The number of rotatable bonds is 3. The van der Waals surface area contributed by atoms with Crippen LogP contribution in [-0.4, -0.2) is 41.2 Å². The number of aliphatic imine (C=N–C) groups is 1. The summed E-state index contributed by atoms with van der Waals surface area (Å²) in [6.07, 6.45) is 0.0513. The van der Waals surface area contributed by atoms with Crippen LogP contribution in [0.2, 0.25) is 10.0 Å². The van der Waals surface area contributed by atoms with Crippen molar-refractivity contribution >= 4 is 57.6 Å². The first kappa shape index (κ1) is 16.1. The van der Waals surface area contributed by atoms with Gasteiger partial charge in [-0.05, 0) is 12.1 Å². The van der Waals surface area contributed by atoms with E-state index in [1.165, 1.54) is 16.7 Å². The molecule has 112 valence electrons. The van der Waals surface area contributed by atoms with E-state index in [0.29, 0.717) is 15.9 Å². The van der Waals surface area contributed by atoms with Crippen molar-refractivity contribution in [3.05, 3.63) is 28.2 Å². The van der Waals surface area contributed by atoms with Gasteiger partial charge in [-0.25, -0.2) is 0 Å². The molecular weight excluding hydrogens is 333 g/mol. The Balaban J connectivity index is 2.03. The highest BCUT2D eigenvalue weighted by Crippen LogP contribution is 2.31. The number of amides is 2. The van der Waals surface area contributed by atoms with Gasteiger partial charge >= 0.3 is 0 Å². The van der Waals surface area contributed by atoms with Crippen molar-refractivity contribution in [1.82, 2.24) is 4.90 Å². The summed E-state index contributed by atoms with van der Waals surface area (Å²) in [6.45, 7) is 0. The zero-order valence-electron chi connectivity index (χ0n) is 11.4. The summed E-state index contributed by atoms with van der Waals surface area (Å²) in [7, 11) is 3.25. The normalized spacial score (nSPS) is 20.2. The highest BCUT2D eigenvalue weighted by molar-refractivity contribution is 8.15. The third-order valence-electron chi connectivity index (χ3n) is 2.93. The van der Waals surface area contributed by atoms with E-state index in [0.717, 1.165) is 0 Å². The van der Waals surface area contributed by atoms with E-state index in [1.807, 2.05) is 0 Å². The van der Waals surface area contributed by atoms with E-state index in [1.54, 1.807) is 32.3 Å². The number of benzene rings is 1. The van der Waals surface area contributed by atoms with E-state index >= 15 is 0 Å². The summed E-state index contributed by atoms with van der Waals surface area (Å²) >= 11 is 13.2.